The minimum Gasteiger partial charge on any atom is -0.444 e. The molecule has 0 aromatic carbocycles. The maximum atomic E-state index is 11.9. The molecule has 0 aromatic rings. The van der Waals surface area contributed by atoms with E-state index in [-0.39, 0.29) is 24.2 Å². The second-order valence-corrected chi connectivity index (χ2v) is 7.95. The van der Waals surface area contributed by atoms with Crippen molar-refractivity contribution in [1.82, 2.24) is 10.6 Å². The van der Waals surface area contributed by atoms with Crippen LogP contribution in [-0.2, 0) is 4.74 Å². The monoisotopic (exact) mass is 328 g/mol. The van der Waals surface area contributed by atoms with Crippen LogP contribution in [0.5, 0.6) is 0 Å². The molecule has 3 N–H and O–H groups in total. The average Bonchev–Trinajstić information content (AvgIpc) is 2.47. The molecule has 5 heteroatoms. The minimum atomic E-state index is -0.459. The molecular weight excluding hydrogens is 292 g/mol. The summed E-state index contributed by atoms with van der Waals surface area (Å²) in [4.78, 5) is 11.9. The fourth-order valence-electron chi connectivity index (χ4n) is 3.12. The van der Waals surface area contributed by atoms with Crippen molar-refractivity contribution < 1.29 is 14.6 Å². The Morgan fingerprint density at radius 2 is 1.78 bits per heavy atom. The van der Waals surface area contributed by atoms with Gasteiger partial charge in [0.05, 0.1) is 0 Å². The van der Waals surface area contributed by atoms with Gasteiger partial charge in [0, 0.05) is 30.7 Å². The van der Waals surface area contributed by atoms with Gasteiger partial charge in [-0.2, -0.15) is 0 Å². The first-order valence-corrected chi connectivity index (χ1v) is 9.07. The second-order valence-electron chi connectivity index (χ2n) is 7.95. The highest BCUT2D eigenvalue weighted by Crippen LogP contribution is 2.26. The highest BCUT2D eigenvalue weighted by atomic mass is 16.6. The van der Waals surface area contributed by atoms with Crippen LogP contribution in [0.4, 0.5) is 4.79 Å². The normalized spacial score (nSPS) is 22.7. The van der Waals surface area contributed by atoms with Crippen LogP contribution in [0.3, 0.4) is 0 Å². The van der Waals surface area contributed by atoms with Crippen LogP contribution in [0.2, 0.25) is 0 Å². The van der Waals surface area contributed by atoms with Crippen molar-refractivity contribution in [1.29, 1.82) is 0 Å². The Morgan fingerprint density at radius 1 is 1.17 bits per heavy atom. The number of rotatable bonds is 7. The lowest BCUT2D eigenvalue weighted by Gasteiger charge is -2.35. The number of aliphatic hydroxyl groups excluding tert-OH is 1. The fourth-order valence-corrected chi connectivity index (χ4v) is 3.12. The maximum absolute atomic E-state index is 11.9. The van der Waals surface area contributed by atoms with Gasteiger partial charge in [0.2, 0.25) is 0 Å². The molecule has 0 aromatic heterocycles. The van der Waals surface area contributed by atoms with E-state index in [1.165, 1.54) is 0 Å². The fraction of sp³-hybridized carbons (Fsp3) is 0.944. The summed E-state index contributed by atoms with van der Waals surface area (Å²) < 4.78 is 5.34. The molecule has 1 aliphatic carbocycles. The summed E-state index contributed by atoms with van der Waals surface area (Å²) in [5, 5.41) is 16.3. The Labute approximate surface area is 141 Å². The number of hydrogen-bond donors (Lipinski definition) is 3. The molecule has 0 saturated heterocycles. The van der Waals surface area contributed by atoms with E-state index in [9.17, 15) is 9.90 Å². The molecule has 0 aliphatic heterocycles. The van der Waals surface area contributed by atoms with Crippen LogP contribution >= 0.6 is 0 Å². The Balaban J connectivity index is 2.44. The number of nitrogens with one attached hydrogen (secondary N) is 2. The summed E-state index contributed by atoms with van der Waals surface area (Å²) in [6.07, 6.45) is 5.77. The van der Waals surface area contributed by atoms with Crippen LogP contribution < -0.4 is 10.6 Å². The summed E-state index contributed by atoms with van der Waals surface area (Å²) >= 11 is 0. The van der Waals surface area contributed by atoms with E-state index in [1.54, 1.807) is 0 Å². The molecule has 1 amide bonds. The second kappa shape index (κ2) is 8.88. The zero-order chi connectivity index (χ0) is 17.5. The molecule has 1 fully saturated rings. The van der Waals surface area contributed by atoms with Crippen LogP contribution in [0, 0.1) is 5.41 Å². The number of carbonyl (C=O) groups is 1. The Morgan fingerprint density at radius 3 is 2.30 bits per heavy atom. The van der Waals surface area contributed by atoms with Crippen molar-refractivity contribution >= 4 is 6.09 Å². The number of aliphatic hydroxyl groups is 1. The SMILES string of the molecule is CCC(CC)(CO)CNC1CCCC(NC(=O)OC(C)(C)C)C1. The topological polar surface area (TPSA) is 70.6 Å². The molecule has 136 valence electrons. The summed E-state index contributed by atoms with van der Waals surface area (Å²) in [6.45, 7) is 11.0. The van der Waals surface area contributed by atoms with Gasteiger partial charge in [-0.05, 0) is 59.3 Å². The standard InChI is InChI=1S/C18H36N2O3/c1-6-18(7-2,13-21)12-19-14-9-8-10-15(11-14)20-16(22)23-17(3,4)5/h14-15,19,21H,6-13H2,1-5H3,(H,20,22). The maximum Gasteiger partial charge on any atom is 0.407 e. The molecule has 0 spiro atoms. The Hall–Kier alpha value is -0.810. The number of carbonyl (C=O) groups excluding carboxylic acids is 1. The predicted octanol–water partition coefficient (Wildman–Crippen LogP) is 3.21. The van der Waals surface area contributed by atoms with Crippen molar-refractivity contribution in [3.8, 4) is 0 Å². The molecule has 1 rings (SSSR count). The largest absolute Gasteiger partial charge is 0.444 e. The smallest absolute Gasteiger partial charge is 0.407 e. The van der Waals surface area contributed by atoms with Gasteiger partial charge in [0.15, 0.2) is 0 Å². The third-order valence-electron chi connectivity index (χ3n) is 5.00. The number of hydrogen-bond acceptors (Lipinski definition) is 4. The first-order chi connectivity index (χ1) is 10.7. The summed E-state index contributed by atoms with van der Waals surface area (Å²) in [5.74, 6) is 0. The molecule has 0 radical (unpaired) electrons. The van der Waals surface area contributed by atoms with Crippen LogP contribution in [0.25, 0.3) is 0 Å². The van der Waals surface area contributed by atoms with E-state index in [2.05, 4.69) is 24.5 Å². The first kappa shape index (κ1) is 20.2. The van der Waals surface area contributed by atoms with Gasteiger partial charge in [-0.1, -0.05) is 13.8 Å². The first-order valence-electron chi connectivity index (χ1n) is 9.07. The van der Waals surface area contributed by atoms with Gasteiger partial charge in [-0.15, -0.1) is 0 Å². The van der Waals surface area contributed by atoms with E-state index in [1.807, 2.05) is 20.8 Å². The van der Waals surface area contributed by atoms with Crippen molar-refractivity contribution in [2.24, 2.45) is 5.41 Å². The molecule has 23 heavy (non-hydrogen) atoms. The lowest BCUT2D eigenvalue weighted by Crippen LogP contribution is -2.48. The van der Waals surface area contributed by atoms with Crippen molar-refractivity contribution in [2.75, 3.05) is 13.2 Å². The molecule has 2 atom stereocenters. The lowest BCUT2D eigenvalue weighted by molar-refractivity contribution is 0.0486. The van der Waals surface area contributed by atoms with E-state index in [0.717, 1.165) is 45.1 Å². The number of amides is 1. The number of alkyl carbamates (subject to hydrolysis) is 1. The van der Waals surface area contributed by atoms with E-state index >= 15 is 0 Å². The highest BCUT2D eigenvalue weighted by molar-refractivity contribution is 5.68. The van der Waals surface area contributed by atoms with E-state index in [4.69, 9.17) is 4.74 Å². The van der Waals surface area contributed by atoms with E-state index < -0.39 is 5.60 Å². The quantitative estimate of drug-likeness (QED) is 0.671. The third kappa shape index (κ3) is 7.08. The summed E-state index contributed by atoms with van der Waals surface area (Å²) in [5.41, 5.74) is -0.481. The summed E-state index contributed by atoms with van der Waals surface area (Å²) in [7, 11) is 0. The third-order valence-corrected chi connectivity index (χ3v) is 5.00. The van der Waals surface area contributed by atoms with Crippen LogP contribution in [-0.4, -0.2) is 42.0 Å². The van der Waals surface area contributed by atoms with Gasteiger partial charge >= 0.3 is 6.09 Å². The van der Waals surface area contributed by atoms with Crippen molar-refractivity contribution in [3.63, 3.8) is 0 Å². The predicted molar refractivity (Wildman–Crippen MR) is 93.5 cm³/mol. The molecule has 1 aliphatic rings. The van der Waals surface area contributed by atoms with Gasteiger partial charge in [0.25, 0.3) is 0 Å². The molecule has 0 bridgehead atoms. The van der Waals surface area contributed by atoms with E-state index in [0.29, 0.717) is 6.04 Å². The van der Waals surface area contributed by atoms with Gasteiger partial charge in [-0.25, -0.2) is 4.79 Å². The minimum absolute atomic E-state index is 0.0223. The van der Waals surface area contributed by atoms with Crippen molar-refractivity contribution in [2.45, 2.75) is 90.8 Å². The Bertz CT molecular complexity index is 354. The molecular formula is C18H36N2O3. The Kier molecular flexibility index (Phi) is 7.81. The highest BCUT2D eigenvalue weighted by Gasteiger charge is 2.29. The van der Waals surface area contributed by atoms with Crippen LogP contribution in [0.15, 0.2) is 0 Å². The van der Waals surface area contributed by atoms with Gasteiger partial charge in [0.1, 0.15) is 5.60 Å². The molecule has 5 nitrogen and oxygen atoms in total. The molecule has 1 saturated carbocycles. The summed E-state index contributed by atoms with van der Waals surface area (Å²) in [6, 6.07) is 0.565. The zero-order valence-electron chi connectivity index (χ0n) is 15.6. The lowest BCUT2D eigenvalue weighted by atomic mass is 9.82. The van der Waals surface area contributed by atoms with Gasteiger partial charge < -0.3 is 20.5 Å². The molecule has 2 unspecified atom stereocenters. The van der Waals surface area contributed by atoms with Crippen LogP contribution in [0.1, 0.15) is 73.1 Å². The molecule has 0 heterocycles. The zero-order valence-corrected chi connectivity index (χ0v) is 15.6. The number of ether oxygens (including phenoxy) is 1. The van der Waals surface area contributed by atoms with Gasteiger partial charge in [-0.3, -0.25) is 0 Å². The van der Waals surface area contributed by atoms with Crippen molar-refractivity contribution in [3.05, 3.63) is 0 Å². The average molecular weight is 328 g/mol.